The van der Waals surface area contributed by atoms with E-state index in [1.807, 2.05) is 65.4 Å². The number of pyridine rings is 1. The summed E-state index contributed by atoms with van der Waals surface area (Å²) in [7, 11) is 0. The van der Waals surface area contributed by atoms with Crippen LogP contribution in [0, 0.1) is 0 Å². The van der Waals surface area contributed by atoms with Crippen LogP contribution in [-0.2, 0) is 0 Å². The molecule has 2 aromatic carbocycles. The van der Waals surface area contributed by atoms with Gasteiger partial charge in [0.2, 0.25) is 0 Å². The summed E-state index contributed by atoms with van der Waals surface area (Å²) >= 11 is 0. The zero-order valence-corrected chi connectivity index (χ0v) is 13.4. The smallest absolute Gasteiger partial charge is 0.256 e. The summed E-state index contributed by atoms with van der Waals surface area (Å²) in [5.74, 6) is 0.362. The van der Waals surface area contributed by atoms with Crippen LogP contribution in [0.5, 0.6) is 0 Å². The lowest BCUT2D eigenvalue weighted by atomic mass is 10.2. The van der Waals surface area contributed by atoms with Crippen LogP contribution < -0.4 is 11.1 Å². The molecule has 2 aromatic heterocycles. The van der Waals surface area contributed by atoms with Gasteiger partial charge in [0.1, 0.15) is 5.82 Å². The number of benzene rings is 2. The molecule has 0 aliphatic carbocycles. The van der Waals surface area contributed by atoms with Crippen LogP contribution in [0.3, 0.4) is 0 Å². The first-order valence-electron chi connectivity index (χ1n) is 7.91. The fourth-order valence-corrected chi connectivity index (χ4v) is 2.80. The molecule has 5 heteroatoms. The summed E-state index contributed by atoms with van der Waals surface area (Å²) in [6.07, 6.45) is 3.65. The molecule has 4 aromatic rings. The number of anilines is 2. The highest BCUT2D eigenvalue weighted by atomic mass is 16.1. The Morgan fingerprint density at radius 1 is 0.960 bits per heavy atom. The number of hydrogen-bond acceptors (Lipinski definition) is 3. The fourth-order valence-electron chi connectivity index (χ4n) is 2.80. The summed E-state index contributed by atoms with van der Waals surface area (Å²) in [4.78, 5) is 16.7. The second-order valence-electron chi connectivity index (χ2n) is 5.69. The SMILES string of the molecule is Nc1ccc(-n2ccc3c(NC(=O)c4ccccc4)nccc32)cc1. The standard InChI is InChI=1S/C20H16N4O/c21-15-6-8-16(9-7-15)24-13-11-17-18(24)10-12-22-19(17)23-20(25)14-4-2-1-3-5-14/h1-13H,21H2,(H,22,23,25). The predicted octanol–water partition coefficient (Wildman–Crippen LogP) is 3.86. The van der Waals surface area contributed by atoms with Gasteiger partial charge >= 0.3 is 0 Å². The van der Waals surface area contributed by atoms with E-state index < -0.39 is 0 Å². The number of aromatic nitrogens is 2. The van der Waals surface area contributed by atoms with E-state index in [1.54, 1.807) is 18.3 Å². The lowest BCUT2D eigenvalue weighted by Gasteiger charge is -2.08. The van der Waals surface area contributed by atoms with E-state index >= 15 is 0 Å². The Kier molecular flexibility index (Phi) is 3.67. The van der Waals surface area contributed by atoms with Gasteiger partial charge in [0.05, 0.1) is 5.52 Å². The molecule has 25 heavy (non-hydrogen) atoms. The second-order valence-corrected chi connectivity index (χ2v) is 5.69. The number of carbonyl (C=O) groups is 1. The van der Waals surface area contributed by atoms with Crippen LogP contribution >= 0.6 is 0 Å². The Morgan fingerprint density at radius 2 is 1.72 bits per heavy atom. The molecule has 0 atom stereocenters. The van der Waals surface area contributed by atoms with Gasteiger partial charge in [-0.25, -0.2) is 4.98 Å². The molecule has 0 radical (unpaired) electrons. The van der Waals surface area contributed by atoms with Crippen molar-refractivity contribution in [2.45, 2.75) is 0 Å². The summed E-state index contributed by atoms with van der Waals surface area (Å²) < 4.78 is 2.04. The fraction of sp³-hybridized carbons (Fsp3) is 0. The quantitative estimate of drug-likeness (QED) is 0.561. The van der Waals surface area contributed by atoms with Gasteiger partial charge in [0.15, 0.2) is 0 Å². The summed E-state index contributed by atoms with van der Waals surface area (Å²) in [5.41, 5.74) is 9.03. The number of fused-ring (bicyclic) bond motifs is 1. The number of hydrogen-bond donors (Lipinski definition) is 2. The normalized spacial score (nSPS) is 10.7. The minimum atomic E-state index is -0.180. The largest absolute Gasteiger partial charge is 0.399 e. The molecule has 0 unspecified atom stereocenters. The molecule has 0 saturated carbocycles. The molecule has 4 rings (SSSR count). The van der Waals surface area contributed by atoms with Crippen LogP contribution in [0.15, 0.2) is 79.1 Å². The number of carbonyl (C=O) groups excluding carboxylic acids is 1. The van der Waals surface area contributed by atoms with Crippen molar-refractivity contribution in [3.8, 4) is 5.69 Å². The first kappa shape index (κ1) is 15.0. The van der Waals surface area contributed by atoms with Crippen LogP contribution in [0.1, 0.15) is 10.4 Å². The van der Waals surface area contributed by atoms with Gasteiger partial charge < -0.3 is 15.6 Å². The lowest BCUT2D eigenvalue weighted by Crippen LogP contribution is -2.12. The number of nitrogens with one attached hydrogen (secondary N) is 1. The maximum absolute atomic E-state index is 12.4. The summed E-state index contributed by atoms with van der Waals surface area (Å²) in [6.45, 7) is 0. The first-order chi connectivity index (χ1) is 12.2. The van der Waals surface area contributed by atoms with Crippen LogP contribution in [0.2, 0.25) is 0 Å². The monoisotopic (exact) mass is 328 g/mol. The Bertz CT molecular complexity index is 1040. The Hall–Kier alpha value is -3.60. The van der Waals surface area contributed by atoms with Crippen molar-refractivity contribution in [1.29, 1.82) is 0 Å². The van der Waals surface area contributed by atoms with Crippen molar-refractivity contribution in [3.05, 3.63) is 84.7 Å². The predicted molar refractivity (Wildman–Crippen MR) is 99.9 cm³/mol. The lowest BCUT2D eigenvalue weighted by molar-refractivity contribution is 0.102. The van der Waals surface area contributed by atoms with Gasteiger partial charge in [-0.05, 0) is 48.5 Å². The van der Waals surface area contributed by atoms with Gasteiger partial charge in [-0.3, -0.25) is 4.79 Å². The molecule has 0 spiro atoms. The minimum Gasteiger partial charge on any atom is -0.399 e. The number of nitrogens with two attached hydrogens (primary N) is 1. The van der Waals surface area contributed by atoms with E-state index in [2.05, 4.69) is 10.3 Å². The van der Waals surface area contributed by atoms with Gasteiger partial charge in [0.25, 0.3) is 5.91 Å². The zero-order chi connectivity index (χ0) is 17.2. The van der Waals surface area contributed by atoms with E-state index in [9.17, 15) is 4.79 Å². The maximum atomic E-state index is 12.4. The number of amides is 1. The number of nitrogens with zero attached hydrogens (tertiary/aromatic N) is 2. The molecule has 5 nitrogen and oxygen atoms in total. The molecule has 2 heterocycles. The molecule has 1 amide bonds. The Labute approximate surface area is 144 Å². The zero-order valence-electron chi connectivity index (χ0n) is 13.4. The second kappa shape index (κ2) is 6.13. The summed E-state index contributed by atoms with van der Waals surface area (Å²) in [6, 6.07) is 20.6. The Morgan fingerprint density at radius 3 is 2.48 bits per heavy atom. The number of rotatable bonds is 3. The highest BCUT2D eigenvalue weighted by molar-refractivity contribution is 6.07. The van der Waals surface area contributed by atoms with Crippen LogP contribution in [0.25, 0.3) is 16.6 Å². The van der Waals surface area contributed by atoms with Crippen LogP contribution in [-0.4, -0.2) is 15.5 Å². The van der Waals surface area contributed by atoms with E-state index in [0.29, 0.717) is 11.4 Å². The molecule has 122 valence electrons. The van der Waals surface area contributed by atoms with E-state index in [0.717, 1.165) is 22.3 Å². The molecule has 0 saturated heterocycles. The van der Waals surface area contributed by atoms with Crippen molar-refractivity contribution in [2.75, 3.05) is 11.1 Å². The molecule has 0 fully saturated rings. The number of nitrogen functional groups attached to an aromatic ring is 1. The van der Waals surface area contributed by atoms with Crippen molar-refractivity contribution >= 4 is 28.3 Å². The molecule has 3 N–H and O–H groups in total. The van der Waals surface area contributed by atoms with Gasteiger partial charge in [-0.2, -0.15) is 0 Å². The average Bonchev–Trinajstić information content (AvgIpc) is 3.08. The van der Waals surface area contributed by atoms with Crippen molar-refractivity contribution in [3.63, 3.8) is 0 Å². The van der Waals surface area contributed by atoms with Crippen molar-refractivity contribution in [2.24, 2.45) is 0 Å². The third-order valence-electron chi connectivity index (χ3n) is 4.06. The maximum Gasteiger partial charge on any atom is 0.256 e. The van der Waals surface area contributed by atoms with Gasteiger partial charge in [-0.15, -0.1) is 0 Å². The van der Waals surface area contributed by atoms with E-state index in [4.69, 9.17) is 5.73 Å². The third kappa shape index (κ3) is 2.83. The first-order valence-corrected chi connectivity index (χ1v) is 7.91. The Balaban J connectivity index is 1.72. The van der Waals surface area contributed by atoms with Crippen LogP contribution in [0.4, 0.5) is 11.5 Å². The molecule has 0 aliphatic heterocycles. The molecular weight excluding hydrogens is 312 g/mol. The topological polar surface area (TPSA) is 72.9 Å². The van der Waals surface area contributed by atoms with E-state index in [1.165, 1.54) is 0 Å². The third-order valence-corrected chi connectivity index (χ3v) is 4.06. The summed E-state index contributed by atoms with van der Waals surface area (Å²) in [5, 5.41) is 3.77. The van der Waals surface area contributed by atoms with Crippen molar-refractivity contribution in [1.82, 2.24) is 9.55 Å². The van der Waals surface area contributed by atoms with E-state index in [-0.39, 0.29) is 5.91 Å². The highest BCUT2D eigenvalue weighted by Gasteiger charge is 2.12. The average molecular weight is 328 g/mol. The highest BCUT2D eigenvalue weighted by Crippen LogP contribution is 2.26. The van der Waals surface area contributed by atoms with Gasteiger partial charge in [0, 0.05) is 34.7 Å². The van der Waals surface area contributed by atoms with Crippen molar-refractivity contribution < 1.29 is 4.79 Å². The van der Waals surface area contributed by atoms with Gasteiger partial charge in [-0.1, -0.05) is 18.2 Å². The molecular formula is C20H16N4O. The molecule has 0 bridgehead atoms. The minimum absolute atomic E-state index is 0.180. The molecule has 0 aliphatic rings.